The number of β-lactam (4-membered cyclic amide) rings is 1. The Morgan fingerprint density at radius 3 is 2.58 bits per heavy atom. The highest BCUT2D eigenvalue weighted by molar-refractivity contribution is 7.98. The van der Waals surface area contributed by atoms with Crippen molar-refractivity contribution in [2.45, 2.75) is 49.9 Å². The lowest BCUT2D eigenvalue weighted by atomic mass is 9.99. The molecule has 0 aromatic carbocycles. The van der Waals surface area contributed by atoms with Crippen molar-refractivity contribution >= 4 is 41.5 Å². The third kappa shape index (κ3) is 2.76. The molecule has 3 rings (SSSR count). The van der Waals surface area contributed by atoms with Gasteiger partial charge in [0.05, 0.1) is 6.42 Å². The van der Waals surface area contributed by atoms with Gasteiger partial charge in [-0.2, -0.15) is 0 Å². The lowest BCUT2D eigenvalue weighted by Gasteiger charge is -2.49. The van der Waals surface area contributed by atoms with Crippen LogP contribution in [0, 0.1) is 0 Å². The number of amides is 4. The van der Waals surface area contributed by atoms with Crippen LogP contribution in [0.3, 0.4) is 0 Å². The molecule has 10 nitrogen and oxygen atoms in total. The van der Waals surface area contributed by atoms with Crippen molar-refractivity contribution in [3.63, 3.8) is 0 Å². The van der Waals surface area contributed by atoms with Gasteiger partial charge in [0.25, 0.3) is 5.91 Å². The first-order valence-electron chi connectivity index (χ1n) is 7.83. The molecule has 0 saturated carbocycles. The first-order valence-corrected chi connectivity index (χ1v) is 8.67. The van der Waals surface area contributed by atoms with E-state index in [9.17, 15) is 29.1 Å². The smallest absolute Gasteiger partial charge is 0.330 e. The quantitative estimate of drug-likeness (QED) is 0.270. The largest absolute Gasteiger partial charge is 0.479 e. The summed E-state index contributed by atoms with van der Waals surface area (Å²) in [6.45, 7) is 6.46. The van der Waals surface area contributed by atoms with Crippen LogP contribution in [0.4, 0.5) is 0 Å². The van der Waals surface area contributed by atoms with E-state index in [4.69, 9.17) is 4.74 Å². The maximum atomic E-state index is 12.5. The van der Waals surface area contributed by atoms with Crippen molar-refractivity contribution < 1.29 is 33.8 Å². The number of nitrogens with one attached hydrogen (secondary N) is 1. The molecule has 4 amide bonds. The molecule has 0 radical (unpaired) electrons. The summed E-state index contributed by atoms with van der Waals surface area (Å²) in [6, 6.07) is -2.40. The number of carbonyl (C=O) groups is 5. The SMILES string of the molecule is C=C(C)C(C(=O)O)N1C(=O)C2NC(=O)C(C)OC3CC(=O)N(SC21)C3=O. The van der Waals surface area contributed by atoms with Gasteiger partial charge in [0, 0.05) is 0 Å². The predicted octanol–water partition coefficient (Wildman–Crippen LogP) is -1.14. The molecule has 3 aliphatic rings. The molecule has 3 saturated heterocycles. The fourth-order valence-electron chi connectivity index (χ4n) is 3.06. The topological polar surface area (TPSA) is 133 Å². The Morgan fingerprint density at radius 1 is 1.35 bits per heavy atom. The molecule has 3 aliphatic heterocycles. The van der Waals surface area contributed by atoms with E-state index in [-0.39, 0.29) is 12.0 Å². The van der Waals surface area contributed by atoms with Crippen LogP contribution in [-0.4, -0.2) is 73.6 Å². The van der Waals surface area contributed by atoms with Crippen molar-refractivity contribution in [1.82, 2.24) is 14.5 Å². The minimum absolute atomic E-state index is 0.210. The monoisotopic (exact) mass is 383 g/mol. The maximum absolute atomic E-state index is 12.5. The van der Waals surface area contributed by atoms with Gasteiger partial charge in [0.1, 0.15) is 23.6 Å². The average Bonchev–Trinajstić information content (AvgIpc) is 2.80. The summed E-state index contributed by atoms with van der Waals surface area (Å²) in [4.78, 5) is 61.8. The summed E-state index contributed by atoms with van der Waals surface area (Å²) < 4.78 is 6.21. The van der Waals surface area contributed by atoms with Crippen LogP contribution in [0.25, 0.3) is 0 Å². The fourth-order valence-corrected chi connectivity index (χ4v) is 4.32. The molecule has 0 aliphatic carbocycles. The molecule has 0 aromatic heterocycles. The highest BCUT2D eigenvalue weighted by atomic mass is 32.2. The molecule has 0 spiro atoms. The van der Waals surface area contributed by atoms with Gasteiger partial charge in [-0.1, -0.05) is 6.58 Å². The van der Waals surface area contributed by atoms with E-state index in [0.29, 0.717) is 11.9 Å². The minimum Gasteiger partial charge on any atom is -0.479 e. The number of hydrogen-bond acceptors (Lipinski definition) is 7. The summed E-state index contributed by atoms with van der Waals surface area (Å²) in [5, 5.41) is 11.0. The third-order valence-corrected chi connectivity index (χ3v) is 5.68. The number of carboxylic acids is 1. The lowest BCUT2D eigenvalue weighted by Crippen LogP contribution is -2.74. The zero-order valence-electron chi connectivity index (χ0n) is 14.0. The van der Waals surface area contributed by atoms with Crippen molar-refractivity contribution in [3.05, 3.63) is 12.2 Å². The normalized spacial score (nSPS) is 32.5. The second-order valence-electron chi connectivity index (χ2n) is 6.31. The number of fused-ring (bicyclic) bond motifs is 3. The molecule has 5 atom stereocenters. The number of likely N-dealkylation sites (tertiary alicyclic amines) is 1. The summed E-state index contributed by atoms with van der Waals surface area (Å²) in [5.41, 5.74) is 0.210. The van der Waals surface area contributed by atoms with Crippen LogP contribution in [0.2, 0.25) is 0 Å². The van der Waals surface area contributed by atoms with Crippen LogP contribution in [0.15, 0.2) is 12.2 Å². The first kappa shape index (κ1) is 18.4. The predicted molar refractivity (Wildman–Crippen MR) is 87.2 cm³/mol. The zero-order valence-corrected chi connectivity index (χ0v) is 14.8. The van der Waals surface area contributed by atoms with Crippen molar-refractivity contribution in [3.8, 4) is 0 Å². The Hall–Kier alpha value is -2.40. The summed E-state index contributed by atoms with van der Waals surface area (Å²) in [6.07, 6.45) is -2.33. The van der Waals surface area contributed by atoms with E-state index in [2.05, 4.69) is 11.9 Å². The number of carbonyl (C=O) groups excluding carboxylic acids is 4. The molecule has 2 bridgehead atoms. The molecular formula is C15H17N3O7S. The first-order chi connectivity index (χ1) is 12.1. The molecule has 5 unspecified atom stereocenters. The van der Waals surface area contributed by atoms with Gasteiger partial charge < -0.3 is 20.1 Å². The molecule has 3 heterocycles. The second-order valence-corrected chi connectivity index (χ2v) is 7.37. The Labute approximate surface area is 152 Å². The van der Waals surface area contributed by atoms with E-state index in [1.807, 2.05) is 0 Å². The number of imide groups is 1. The highest BCUT2D eigenvalue weighted by Crippen LogP contribution is 2.39. The van der Waals surface area contributed by atoms with Crippen molar-refractivity contribution in [2.75, 3.05) is 0 Å². The Morgan fingerprint density at radius 2 is 2.00 bits per heavy atom. The molecule has 2 N–H and O–H groups in total. The number of carboxylic acid groups (broad SMARTS) is 1. The molecule has 26 heavy (non-hydrogen) atoms. The van der Waals surface area contributed by atoms with E-state index < -0.39 is 59.3 Å². The average molecular weight is 383 g/mol. The van der Waals surface area contributed by atoms with Crippen LogP contribution >= 0.6 is 11.9 Å². The molecule has 0 aromatic rings. The van der Waals surface area contributed by atoms with Gasteiger partial charge in [0.15, 0.2) is 6.04 Å². The number of ether oxygens (including phenoxy) is 1. The highest BCUT2D eigenvalue weighted by Gasteiger charge is 2.57. The molecule has 3 fully saturated rings. The van der Waals surface area contributed by atoms with E-state index >= 15 is 0 Å². The van der Waals surface area contributed by atoms with Crippen molar-refractivity contribution in [1.29, 1.82) is 0 Å². The van der Waals surface area contributed by atoms with E-state index in [1.165, 1.54) is 13.8 Å². The second kappa shape index (κ2) is 6.40. The molecule has 11 heteroatoms. The standard InChI is InChI=1S/C15H17N3O7S/c1-5(2)10(15(23)24)17-13(22)9-14(17)26-18-8(19)4-7(12(18)21)25-6(3)11(20)16-9/h6-7,9-10,14H,1,4H2,2-3H3,(H,16,20)(H,23,24). The summed E-state index contributed by atoms with van der Waals surface area (Å²) >= 11 is 0.714. The van der Waals surface area contributed by atoms with Gasteiger partial charge in [0.2, 0.25) is 17.7 Å². The third-order valence-electron chi connectivity index (χ3n) is 4.37. The van der Waals surface area contributed by atoms with Crippen LogP contribution in [0.5, 0.6) is 0 Å². The van der Waals surface area contributed by atoms with Gasteiger partial charge in [-0.3, -0.25) is 19.2 Å². The van der Waals surface area contributed by atoms with Crippen LogP contribution in [0.1, 0.15) is 20.3 Å². The number of aliphatic carboxylic acids is 1. The van der Waals surface area contributed by atoms with Crippen LogP contribution in [-0.2, 0) is 28.7 Å². The van der Waals surface area contributed by atoms with Gasteiger partial charge in [-0.25, -0.2) is 9.10 Å². The minimum atomic E-state index is -1.33. The molecular weight excluding hydrogens is 366 g/mol. The Bertz CT molecular complexity index is 725. The summed E-state index contributed by atoms with van der Waals surface area (Å²) in [5.74, 6) is -3.68. The number of nitrogens with zero attached hydrogens (tertiary/aromatic N) is 2. The number of rotatable bonds is 3. The molecule has 140 valence electrons. The van der Waals surface area contributed by atoms with Crippen molar-refractivity contribution in [2.24, 2.45) is 0 Å². The van der Waals surface area contributed by atoms with Gasteiger partial charge in [-0.15, -0.1) is 0 Å². The zero-order chi connectivity index (χ0) is 19.3. The van der Waals surface area contributed by atoms with Gasteiger partial charge >= 0.3 is 5.97 Å². The van der Waals surface area contributed by atoms with E-state index in [1.54, 1.807) is 0 Å². The van der Waals surface area contributed by atoms with Gasteiger partial charge in [-0.05, 0) is 31.4 Å². The maximum Gasteiger partial charge on any atom is 0.330 e. The summed E-state index contributed by atoms with van der Waals surface area (Å²) in [7, 11) is 0. The Balaban J connectivity index is 1.96. The van der Waals surface area contributed by atoms with E-state index in [0.717, 1.165) is 9.21 Å². The Kier molecular flexibility index (Phi) is 4.53. The number of hydrogen-bond donors (Lipinski definition) is 2. The van der Waals surface area contributed by atoms with Crippen LogP contribution < -0.4 is 5.32 Å². The fraction of sp³-hybridized carbons (Fsp3) is 0.533. The lowest BCUT2D eigenvalue weighted by molar-refractivity contribution is -0.161.